The van der Waals surface area contributed by atoms with E-state index in [-0.39, 0.29) is 0 Å². The fourth-order valence-corrected chi connectivity index (χ4v) is 6.89. The summed E-state index contributed by atoms with van der Waals surface area (Å²) in [6, 6.07) is 44.6. The SMILES string of the molecule is Cc1cc(C2=CC(c3ccncc3)=CCC2)ccc1-c1c2ccccc2c(-c2ccc3ccccc3c2)c2ccccc12. The summed E-state index contributed by atoms with van der Waals surface area (Å²) in [5.41, 5.74) is 11.7. The molecule has 1 nitrogen and oxygen atoms in total. The Hall–Kier alpha value is -5.27. The molecule has 1 aliphatic rings. The smallest absolute Gasteiger partial charge is 0.0273 e. The van der Waals surface area contributed by atoms with Gasteiger partial charge in [0, 0.05) is 12.4 Å². The number of nitrogens with zero attached hydrogens (tertiary/aromatic N) is 1. The Balaban J connectivity index is 1.30. The molecule has 204 valence electrons. The number of rotatable bonds is 4. The van der Waals surface area contributed by atoms with Crippen LogP contribution in [0.3, 0.4) is 0 Å². The minimum absolute atomic E-state index is 1.05. The average molecular weight is 550 g/mol. The third-order valence-corrected chi connectivity index (χ3v) is 8.96. The molecule has 6 aromatic carbocycles. The van der Waals surface area contributed by atoms with E-state index in [2.05, 4.69) is 145 Å². The molecule has 0 radical (unpaired) electrons. The Morgan fingerprint density at radius 1 is 0.535 bits per heavy atom. The van der Waals surface area contributed by atoms with Gasteiger partial charge in [-0.25, -0.2) is 0 Å². The van der Waals surface area contributed by atoms with E-state index in [0.29, 0.717) is 0 Å². The standard InChI is InChI=1S/C42H31N/c1-28-25-34(33-12-8-11-32(26-33)30-21-23-43-24-22-30)19-20-36(28)42-39-15-6-4-13-37(39)41(38-14-5-7-16-40(38)42)35-18-17-29-9-2-3-10-31(29)27-35/h2-7,9-11,13-27H,8,12H2,1H3. The summed E-state index contributed by atoms with van der Waals surface area (Å²) in [6.45, 7) is 2.27. The van der Waals surface area contributed by atoms with Gasteiger partial charge in [-0.05, 0) is 120 Å². The molecule has 0 saturated carbocycles. The lowest BCUT2D eigenvalue weighted by Gasteiger charge is -2.20. The Bertz CT molecular complexity index is 2180. The number of fused-ring (bicyclic) bond motifs is 3. The fourth-order valence-electron chi connectivity index (χ4n) is 6.89. The lowest BCUT2D eigenvalue weighted by atomic mass is 9.83. The van der Waals surface area contributed by atoms with Crippen LogP contribution in [-0.4, -0.2) is 4.98 Å². The molecule has 7 aromatic rings. The van der Waals surface area contributed by atoms with E-state index in [0.717, 1.165) is 12.8 Å². The summed E-state index contributed by atoms with van der Waals surface area (Å²) in [4.78, 5) is 4.20. The third kappa shape index (κ3) is 4.45. The Morgan fingerprint density at radius 3 is 1.86 bits per heavy atom. The van der Waals surface area contributed by atoms with Gasteiger partial charge in [-0.15, -0.1) is 0 Å². The number of hydrogen-bond donors (Lipinski definition) is 0. The Kier molecular flexibility index (Phi) is 6.23. The molecule has 0 aliphatic heterocycles. The minimum atomic E-state index is 1.05. The third-order valence-electron chi connectivity index (χ3n) is 8.96. The molecule has 0 bridgehead atoms. The highest BCUT2D eigenvalue weighted by molar-refractivity contribution is 6.22. The Morgan fingerprint density at radius 2 is 1.16 bits per heavy atom. The van der Waals surface area contributed by atoms with E-state index < -0.39 is 0 Å². The predicted octanol–water partition coefficient (Wildman–Crippen LogP) is 11.4. The zero-order valence-corrected chi connectivity index (χ0v) is 24.2. The maximum atomic E-state index is 4.20. The molecule has 0 fully saturated rings. The largest absolute Gasteiger partial charge is 0.265 e. The van der Waals surface area contributed by atoms with Crippen LogP contribution in [0, 0.1) is 6.92 Å². The maximum absolute atomic E-state index is 4.20. The van der Waals surface area contributed by atoms with Crippen molar-refractivity contribution in [2.45, 2.75) is 19.8 Å². The van der Waals surface area contributed by atoms with Gasteiger partial charge < -0.3 is 0 Å². The second-order valence-electron chi connectivity index (χ2n) is 11.5. The van der Waals surface area contributed by atoms with Gasteiger partial charge in [-0.1, -0.05) is 115 Å². The van der Waals surface area contributed by atoms with Gasteiger partial charge in [0.25, 0.3) is 0 Å². The number of allylic oxidation sites excluding steroid dienone is 4. The van der Waals surface area contributed by atoms with Crippen LogP contribution >= 0.6 is 0 Å². The van der Waals surface area contributed by atoms with Crippen LogP contribution in [0.25, 0.3) is 65.7 Å². The topological polar surface area (TPSA) is 12.9 Å². The monoisotopic (exact) mass is 549 g/mol. The first-order valence-corrected chi connectivity index (χ1v) is 15.1. The number of aromatic nitrogens is 1. The van der Waals surface area contributed by atoms with Crippen molar-refractivity contribution >= 4 is 43.5 Å². The highest BCUT2D eigenvalue weighted by Gasteiger charge is 2.18. The molecule has 1 aliphatic carbocycles. The van der Waals surface area contributed by atoms with Crippen LogP contribution in [0.4, 0.5) is 0 Å². The Labute approximate surface area is 252 Å². The highest BCUT2D eigenvalue weighted by atomic mass is 14.6. The number of pyridine rings is 1. The second-order valence-corrected chi connectivity index (χ2v) is 11.5. The van der Waals surface area contributed by atoms with Crippen molar-refractivity contribution in [1.82, 2.24) is 4.98 Å². The summed E-state index contributed by atoms with van der Waals surface area (Å²) in [5, 5.41) is 7.69. The van der Waals surface area contributed by atoms with Crippen LogP contribution in [0.1, 0.15) is 29.5 Å². The minimum Gasteiger partial charge on any atom is -0.265 e. The van der Waals surface area contributed by atoms with Gasteiger partial charge in [-0.3, -0.25) is 4.98 Å². The van der Waals surface area contributed by atoms with Gasteiger partial charge in [0.05, 0.1) is 0 Å². The van der Waals surface area contributed by atoms with E-state index >= 15 is 0 Å². The van der Waals surface area contributed by atoms with Crippen molar-refractivity contribution in [3.8, 4) is 22.3 Å². The van der Waals surface area contributed by atoms with Crippen molar-refractivity contribution in [2.75, 3.05) is 0 Å². The molecule has 0 spiro atoms. The van der Waals surface area contributed by atoms with Crippen molar-refractivity contribution in [2.24, 2.45) is 0 Å². The first-order chi connectivity index (χ1) is 21.2. The van der Waals surface area contributed by atoms with E-state index in [1.807, 2.05) is 12.4 Å². The summed E-state index contributed by atoms with van der Waals surface area (Å²) in [7, 11) is 0. The van der Waals surface area contributed by atoms with E-state index in [4.69, 9.17) is 0 Å². The second kappa shape index (κ2) is 10.5. The van der Waals surface area contributed by atoms with Crippen LogP contribution in [0.5, 0.6) is 0 Å². The van der Waals surface area contributed by atoms with Gasteiger partial charge in [0.15, 0.2) is 0 Å². The summed E-state index contributed by atoms with van der Waals surface area (Å²) >= 11 is 0. The number of aryl methyl sites for hydroxylation is 1. The lowest BCUT2D eigenvalue weighted by Crippen LogP contribution is -1.96. The molecule has 8 rings (SSSR count). The summed E-state index contributed by atoms with van der Waals surface area (Å²) in [5.74, 6) is 0. The fraction of sp³-hybridized carbons (Fsp3) is 0.0714. The van der Waals surface area contributed by atoms with Crippen molar-refractivity contribution < 1.29 is 0 Å². The molecule has 1 aromatic heterocycles. The van der Waals surface area contributed by atoms with Crippen molar-refractivity contribution in [1.29, 1.82) is 0 Å². The molecule has 0 atom stereocenters. The molecular weight excluding hydrogens is 518 g/mol. The summed E-state index contributed by atoms with van der Waals surface area (Å²) in [6.07, 6.45) is 10.6. The first kappa shape index (κ1) is 25.4. The van der Waals surface area contributed by atoms with Crippen LogP contribution in [0.15, 0.2) is 146 Å². The van der Waals surface area contributed by atoms with Crippen LogP contribution in [-0.2, 0) is 0 Å². The first-order valence-electron chi connectivity index (χ1n) is 15.1. The van der Waals surface area contributed by atoms with Crippen LogP contribution in [0.2, 0.25) is 0 Å². The van der Waals surface area contributed by atoms with Gasteiger partial charge in [0.2, 0.25) is 0 Å². The lowest BCUT2D eigenvalue weighted by molar-refractivity contribution is 1.06. The molecule has 1 heteroatoms. The van der Waals surface area contributed by atoms with Crippen molar-refractivity contribution in [3.05, 3.63) is 163 Å². The zero-order chi connectivity index (χ0) is 28.8. The summed E-state index contributed by atoms with van der Waals surface area (Å²) < 4.78 is 0. The van der Waals surface area contributed by atoms with Gasteiger partial charge in [0.1, 0.15) is 0 Å². The zero-order valence-electron chi connectivity index (χ0n) is 24.2. The molecule has 43 heavy (non-hydrogen) atoms. The van der Waals surface area contributed by atoms with Crippen molar-refractivity contribution in [3.63, 3.8) is 0 Å². The van der Waals surface area contributed by atoms with E-state index in [1.54, 1.807) is 0 Å². The van der Waals surface area contributed by atoms with E-state index in [1.165, 1.54) is 82.4 Å². The van der Waals surface area contributed by atoms with Crippen LogP contribution < -0.4 is 0 Å². The molecular formula is C42H31N. The maximum Gasteiger partial charge on any atom is 0.0273 e. The van der Waals surface area contributed by atoms with E-state index in [9.17, 15) is 0 Å². The van der Waals surface area contributed by atoms with Gasteiger partial charge in [-0.2, -0.15) is 0 Å². The van der Waals surface area contributed by atoms with Gasteiger partial charge >= 0.3 is 0 Å². The normalized spacial score (nSPS) is 13.3. The highest BCUT2D eigenvalue weighted by Crippen LogP contribution is 2.45. The molecule has 0 amide bonds. The average Bonchev–Trinajstić information content (AvgIpc) is 3.07. The number of benzene rings is 6. The molecule has 0 unspecified atom stereocenters. The predicted molar refractivity (Wildman–Crippen MR) is 184 cm³/mol. The quantitative estimate of drug-likeness (QED) is 0.199. The molecule has 0 saturated heterocycles. The molecule has 0 N–H and O–H groups in total. The number of hydrogen-bond acceptors (Lipinski definition) is 1. The molecule has 1 heterocycles.